The van der Waals surface area contributed by atoms with E-state index in [-0.39, 0.29) is 23.5 Å². The monoisotopic (exact) mass is 324 g/mol. The highest BCUT2D eigenvalue weighted by Crippen LogP contribution is 2.34. The van der Waals surface area contributed by atoms with Crippen molar-refractivity contribution < 1.29 is 18.0 Å². The number of carbonyl (C=O) groups excluding carboxylic acids is 1. The molecule has 0 saturated carbocycles. The summed E-state index contributed by atoms with van der Waals surface area (Å²) < 4.78 is 23.8. The average molecular weight is 324 g/mol. The zero-order chi connectivity index (χ0) is 16.5. The van der Waals surface area contributed by atoms with Crippen LogP contribution in [-0.4, -0.2) is 16.6 Å². The third-order valence-corrected chi connectivity index (χ3v) is 3.91. The lowest BCUT2D eigenvalue weighted by Crippen LogP contribution is -2.26. The van der Waals surface area contributed by atoms with Crippen LogP contribution in [-0.2, 0) is 0 Å². The van der Waals surface area contributed by atoms with Gasteiger partial charge in [-0.1, -0.05) is 12.1 Å². The van der Waals surface area contributed by atoms with Crippen molar-refractivity contribution in [2.45, 2.75) is 12.5 Å². The highest BCUT2D eigenvalue weighted by Gasteiger charge is 2.35. The van der Waals surface area contributed by atoms with Gasteiger partial charge in [0.25, 0.3) is 0 Å². The van der Waals surface area contributed by atoms with Crippen LogP contribution < -0.4 is 0 Å². The molecular formula is C18H13FN2O3. The largest absolute Gasteiger partial charge is 0.463 e. The number of hydrogen-bond acceptors (Lipinski definition) is 4. The second kappa shape index (κ2) is 5.81. The first-order valence-electron chi connectivity index (χ1n) is 7.46. The van der Waals surface area contributed by atoms with Gasteiger partial charge in [0.1, 0.15) is 17.3 Å². The zero-order valence-corrected chi connectivity index (χ0v) is 12.6. The van der Waals surface area contributed by atoms with Gasteiger partial charge in [0.2, 0.25) is 0 Å². The average Bonchev–Trinajstić information content (AvgIpc) is 3.34. The minimum absolute atomic E-state index is 0.201. The number of amides is 1. The van der Waals surface area contributed by atoms with E-state index in [0.29, 0.717) is 17.9 Å². The minimum atomic E-state index is -0.351. The van der Waals surface area contributed by atoms with Crippen LogP contribution in [0.5, 0.6) is 0 Å². The molecule has 1 atom stereocenters. The molecule has 1 amide bonds. The smallest absolute Gasteiger partial charge is 0.310 e. The van der Waals surface area contributed by atoms with Gasteiger partial charge in [-0.2, -0.15) is 5.10 Å². The van der Waals surface area contributed by atoms with Crippen molar-refractivity contribution in [2.75, 3.05) is 0 Å². The van der Waals surface area contributed by atoms with Crippen molar-refractivity contribution in [1.29, 1.82) is 0 Å². The lowest BCUT2D eigenvalue weighted by atomic mass is 10.0. The predicted octanol–water partition coefficient (Wildman–Crippen LogP) is 4.00. The zero-order valence-electron chi connectivity index (χ0n) is 12.6. The lowest BCUT2D eigenvalue weighted by Gasteiger charge is -2.21. The van der Waals surface area contributed by atoms with Crippen LogP contribution in [0.1, 0.15) is 34.3 Å². The summed E-state index contributed by atoms with van der Waals surface area (Å²) in [6, 6.07) is 12.5. The molecular weight excluding hydrogens is 311 g/mol. The van der Waals surface area contributed by atoms with Crippen LogP contribution in [0.3, 0.4) is 0 Å². The number of hydrogen-bond donors (Lipinski definition) is 0. The number of furan rings is 2. The molecule has 6 heteroatoms. The second-order valence-corrected chi connectivity index (χ2v) is 5.42. The van der Waals surface area contributed by atoms with Gasteiger partial charge in [0, 0.05) is 6.42 Å². The Morgan fingerprint density at radius 2 is 1.83 bits per heavy atom. The van der Waals surface area contributed by atoms with E-state index in [9.17, 15) is 9.18 Å². The summed E-state index contributed by atoms with van der Waals surface area (Å²) >= 11 is 0. The number of nitrogens with zero attached hydrogens (tertiary/aromatic N) is 2. The normalized spacial score (nSPS) is 17.1. The van der Waals surface area contributed by atoms with E-state index in [4.69, 9.17) is 8.83 Å². The quantitative estimate of drug-likeness (QED) is 0.731. The van der Waals surface area contributed by atoms with E-state index in [0.717, 1.165) is 5.56 Å². The lowest BCUT2D eigenvalue weighted by molar-refractivity contribution is 0.0678. The van der Waals surface area contributed by atoms with Gasteiger partial charge in [0.05, 0.1) is 18.6 Å². The number of benzene rings is 1. The molecule has 4 rings (SSSR count). The van der Waals surface area contributed by atoms with Crippen molar-refractivity contribution in [3.63, 3.8) is 0 Å². The van der Waals surface area contributed by atoms with Crippen LogP contribution in [0.2, 0.25) is 0 Å². The Hall–Kier alpha value is -3.15. The molecule has 0 saturated heterocycles. The molecule has 0 fully saturated rings. The summed E-state index contributed by atoms with van der Waals surface area (Å²) in [5, 5.41) is 5.78. The first-order chi connectivity index (χ1) is 11.7. The molecule has 0 aliphatic carbocycles. The van der Waals surface area contributed by atoms with E-state index >= 15 is 0 Å². The molecule has 1 aliphatic heterocycles. The second-order valence-electron chi connectivity index (χ2n) is 5.42. The molecule has 0 N–H and O–H groups in total. The molecule has 1 unspecified atom stereocenters. The molecule has 3 heterocycles. The first kappa shape index (κ1) is 14.4. The standard InChI is InChI=1S/C18H13FN2O3/c19-13-7-5-12(6-8-13)15-11-14(16-3-1-9-23-16)20-21(15)18(22)17-4-2-10-24-17/h1-10,15H,11H2. The highest BCUT2D eigenvalue weighted by atomic mass is 19.1. The fourth-order valence-electron chi connectivity index (χ4n) is 2.75. The fourth-order valence-corrected chi connectivity index (χ4v) is 2.75. The molecule has 0 bridgehead atoms. The summed E-state index contributed by atoms with van der Waals surface area (Å²) in [7, 11) is 0. The summed E-state index contributed by atoms with van der Waals surface area (Å²) in [4.78, 5) is 12.7. The van der Waals surface area contributed by atoms with Crippen LogP contribution in [0.4, 0.5) is 4.39 Å². The summed E-state index contributed by atoms with van der Waals surface area (Å²) in [6.07, 6.45) is 3.47. The van der Waals surface area contributed by atoms with Gasteiger partial charge >= 0.3 is 5.91 Å². The summed E-state index contributed by atoms with van der Waals surface area (Å²) in [5.74, 6) is 0.132. The molecule has 3 aromatic rings. The third kappa shape index (κ3) is 2.52. The van der Waals surface area contributed by atoms with Gasteiger partial charge in [-0.05, 0) is 42.0 Å². The fraction of sp³-hybridized carbons (Fsp3) is 0.111. The van der Waals surface area contributed by atoms with Crippen molar-refractivity contribution >= 4 is 11.6 Å². The van der Waals surface area contributed by atoms with E-state index < -0.39 is 0 Å². The Labute approximate surface area is 137 Å². The minimum Gasteiger partial charge on any atom is -0.463 e. The number of hydrazone groups is 1. The molecule has 120 valence electrons. The Morgan fingerprint density at radius 1 is 1.08 bits per heavy atom. The first-order valence-corrected chi connectivity index (χ1v) is 7.46. The summed E-state index contributed by atoms with van der Waals surface area (Å²) in [5.41, 5.74) is 1.45. The third-order valence-electron chi connectivity index (χ3n) is 3.91. The molecule has 0 radical (unpaired) electrons. The van der Waals surface area contributed by atoms with Gasteiger partial charge in [-0.15, -0.1) is 0 Å². The summed E-state index contributed by atoms with van der Waals surface area (Å²) in [6.45, 7) is 0. The maximum absolute atomic E-state index is 13.2. The predicted molar refractivity (Wildman–Crippen MR) is 83.9 cm³/mol. The number of rotatable bonds is 3. The van der Waals surface area contributed by atoms with Crippen molar-refractivity contribution in [1.82, 2.24) is 5.01 Å². The van der Waals surface area contributed by atoms with E-state index in [2.05, 4.69) is 5.10 Å². The van der Waals surface area contributed by atoms with Crippen LogP contribution in [0.15, 0.2) is 75.0 Å². The topological polar surface area (TPSA) is 59.0 Å². The molecule has 1 aliphatic rings. The van der Waals surface area contributed by atoms with Crippen LogP contribution in [0, 0.1) is 5.82 Å². The van der Waals surface area contributed by atoms with Crippen molar-refractivity contribution in [2.24, 2.45) is 5.10 Å². The number of carbonyl (C=O) groups is 1. The Bertz CT molecular complexity index is 868. The van der Waals surface area contributed by atoms with Gasteiger partial charge < -0.3 is 8.83 Å². The van der Waals surface area contributed by atoms with E-state index in [1.165, 1.54) is 23.4 Å². The maximum atomic E-state index is 13.2. The van der Waals surface area contributed by atoms with E-state index in [1.54, 1.807) is 42.7 Å². The molecule has 0 spiro atoms. The maximum Gasteiger partial charge on any atom is 0.310 e. The number of halogens is 1. The van der Waals surface area contributed by atoms with Gasteiger partial charge in [-0.3, -0.25) is 4.79 Å². The molecule has 1 aromatic carbocycles. The van der Waals surface area contributed by atoms with Crippen molar-refractivity contribution in [3.8, 4) is 0 Å². The SMILES string of the molecule is O=C(c1ccco1)N1N=C(c2ccco2)CC1c1ccc(F)cc1. The Kier molecular flexibility index (Phi) is 3.49. The van der Waals surface area contributed by atoms with Gasteiger partial charge in [-0.25, -0.2) is 9.40 Å². The molecule has 5 nitrogen and oxygen atoms in total. The van der Waals surface area contributed by atoms with Gasteiger partial charge in [0.15, 0.2) is 5.76 Å². The van der Waals surface area contributed by atoms with E-state index in [1.807, 2.05) is 0 Å². The van der Waals surface area contributed by atoms with Crippen LogP contribution >= 0.6 is 0 Å². The van der Waals surface area contributed by atoms with Crippen LogP contribution in [0.25, 0.3) is 0 Å². The molecule has 2 aromatic heterocycles. The Balaban J connectivity index is 1.72. The highest BCUT2D eigenvalue weighted by molar-refractivity contribution is 6.02. The molecule has 24 heavy (non-hydrogen) atoms. The van der Waals surface area contributed by atoms with Crippen molar-refractivity contribution in [3.05, 3.63) is 84.0 Å². The Morgan fingerprint density at radius 3 is 2.50 bits per heavy atom.